The molecular weight excluding hydrogens is 246 g/mol. The SMILES string of the molecule is CCCNc1cnc(CSCc2ccco2)cn1. The minimum Gasteiger partial charge on any atom is -0.468 e. The predicted octanol–water partition coefficient (Wildman–Crippen LogP) is 3.32. The maximum atomic E-state index is 5.27. The van der Waals surface area contributed by atoms with Crippen LogP contribution in [0.15, 0.2) is 35.2 Å². The molecule has 2 heterocycles. The van der Waals surface area contributed by atoms with E-state index in [0.29, 0.717) is 0 Å². The summed E-state index contributed by atoms with van der Waals surface area (Å²) in [5.74, 6) is 3.55. The first-order valence-electron chi connectivity index (χ1n) is 6.03. The van der Waals surface area contributed by atoms with Crippen molar-refractivity contribution in [2.24, 2.45) is 0 Å². The lowest BCUT2D eigenvalue weighted by molar-refractivity contribution is 0.530. The number of anilines is 1. The molecule has 0 atom stereocenters. The van der Waals surface area contributed by atoms with E-state index in [1.54, 1.807) is 24.2 Å². The number of furan rings is 1. The fourth-order valence-electron chi connectivity index (χ4n) is 1.42. The molecule has 0 saturated heterocycles. The number of hydrogen-bond donors (Lipinski definition) is 1. The Hall–Kier alpha value is -1.49. The molecule has 2 rings (SSSR count). The van der Waals surface area contributed by atoms with Crippen molar-refractivity contribution < 1.29 is 4.42 Å². The van der Waals surface area contributed by atoms with Gasteiger partial charge in [-0.15, -0.1) is 11.8 Å². The van der Waals surface area contributed by atoms with Gasteiger partial charge in [-0.2, -0.15) is 0 Å². The number of thioether (sulfide) groups is 1. The molecule has 2 aromatic rings. The summed E-state index contributed by atoms with van der Waals surface area (Å²) in [7, 11) is 0. The Kier molecular flexibility index (Phi) is 5.08. The molecular formula is C13H17N3OS. The van der Waals surface area contributed by atoms with E-state index in [-0.39, 0.29) is 0 Å². The molecule has 4 nitrogen and oxygen atoms in total. The van der Waals surface area contributed by atoms with E-state index < -0.39 is 0 Å². The van der Waals surface area contributed by atoms with Crippen LogP contribution in [0, 0.1) is 0 Å². The monoisotopic (exact) mass is 263 g/mol. The smallest absolute Gasteiger partial charge is 0.144 e. The van der Waals surface area contributed by atoms with Crippen molar-refractivity contribution in [3.05, 3.63) is 42.2 Å². The van der Waals surface area contributed by atoms with Gasteiger partial charge < -0.3 is 9.73 Å². The third kappa shape index (κ3) is 4.07. The van der Waals surface area contributed by atoms with Crippen molar-refractivity contribution in [2.75, 3.05) is 11.9 Å². The molecule has 0 unspecified atom stereocenters. The molecule has 0 saturated carbocycles. The van der Waals surface area contributed by atoms with Gasteiger partial charge in [0.05, 0.1) is 30.1 Å². The Bertz CT molecular complexity index is 442. The first-order chi connectivity index (χ1) is 8.88. The second-order valence-electron chi connectivity index (χ2n) is 3.89. The van der Waals surface area contributed by atoms with Gasteiger partial charge in [-0.05, 0) is 18.6 Å². The third-order valence-corrected chi connectivity index (χ3v) is 3.32. The lowest BCUT2D eigenvalue weighted by atomic mass is 10.4. The van der Waals surface area contributed by atoms with Crippen LogP contribution in [0.2, 0.25) is 0 Å². The largest absolute Gasteiger partial charge is 0.468 e. The Morgan fingerprint density at radius 3 is 2.89 bits per heavy atom. The highest BCUT2D eigenvalue weighted by atomic mass is 32.2. The van der Waals surface area contributed by atoms with Gasteiger partial charge in [0.15, 0.2) is 0 Å². The second kappa shape index (κ2) is 7.06. The van der Waals surface area contributed by atoms with Crippen LogP contribution in [0.4, 0.5) is 5.82 Å². The highest BCUT2D eigenvalue weighted by molar-refractivity contribution is 7.97. The van der Waals surface area contributed by atoms with Crippen LogP contribution in [0.5, 0.6) is 0 Å². The molecule has 18 heavy (non-hydrogen) atoms. The molecule has 96 valence electrons. The van der Waals surface area contributed by atoms with E-state index in [4.69, 9.17) is 4.42 Å². The van der Waals surface area contributed by atoms with Gasteiger partial charge in [0.25, 0.3) is 0 Å². The average Bonchev–Trinajstić information content (AvgIpc) is 2.91. The maximum absolute atomic E-state index is 5.27. The van der Waals surface area contributed by atoms with E-state index in [2.05, 4.69) is 22.2 Å². The molecule has 0 aromatic carbocycles. The molecule has 2 aromatic heterocycles. The van der Waals surface area contributed by atoms with Gasteiger partial charge in [0.2, 0.25) is 0 Å². The number of rotatable bonds is 7. The highest BCUT2D eigenvalue weighted by Gasteiger charge is 2.00. The summed E-state index contributed by atoms with van der Waals surface area (Å²) < 4.78 is 5.27. The average molecular weight is 263 g/mol. The second-order valence-corrected chi connectivity index (χ2v) is 4.88. The van der Waals surface area contributed by atoms with Crippen molar-refractivity contribution in [3.63, 3.8) is 0 Å². The fourth-order valence-corrected chi connectivity index (χ4v) is 2.25. The summed E-state index contributed by atoms with van der Waals surface area (Å²) >= 11 is 1.77. The van der Waals surface area contributed by atoms with E-state index in [0.717, 1.165) is 41.7 Å². The lowest BCUT2D eigenvalue weighted by Crippen LogP contribution is -2.02. The Labute approximate surface area is 111 Å². The van der Waals surface area contributed by atoms with Gasteiger partial charge >= 0.3 is 0 Å². The minimum atomic E-state index is 0.844. The number of nitrogens with zero attached hydrogens (tertiary/aromatic N) is 2. The Morgan fingerprint density at radius 2 is 2.22 bits per heavy atom. The van der Waals surface area contributed by atoms with E-state index in [1.807, 2.05) is 18.3 Å². The van der Waals surface area contributed by atoms with Crippen LogP contribution < -0.4 is 5.32 Å². The highest BCUT2D eigenvalue weighted by Crippen LogP contribution is 2.16. The summed E-state index contributed by atoms with van der Waals surface area (Å²) in [6.07, 6.45) is 6.40. The van der Waals surface area contributed by atoms with Gasteiger partial charge in [-0.25, -0.2) is 4.98 Å². The Morgan fingerprint density at radius 1 is 1.28 bits per heavy atom. The van der Waals surface area contributed by atoms with Crippen LogP contribution >= 0.6 is 11.8 Å². The summed E-state index contributed by atoms with van der Waals surface area (Å²) in [6, 6.07) is 3.89. The Balaban J connectivity index is 1.75. The van der Waals surface area contributed by atoms with Crippen molar-refractivity contribution in [3.8, 4) is 0 Å². The number of nitrogens with one attached hydrogen (secondary N) is 1. The van der Waals surface area contributed by atoms with E-state index >= 15 is 0 Å². The summed E-state index contributed by atoms with van der Waals surface area (Å²) in [5.41, 5.74) is 0.994. The number of aromatic nitrogens is 2. The van der Waals surface area contributed by atoms with Crippen LogP contribution in [0.25, 0.3) is 0 Å². The van der Waals surface area contributed by atoms with Crippen LogP contribution in [0.1, 0.15) is 24.8 Å². The third-order valence-electron chi connectivity index (χ3n) is 2.34. The molecule has 5 heteroatoms. The normalized spacial score (nSPS) is 10.5. The zero-order valence-corrected chi connectivity index (χ0v) is 11.2. The van der Waals surface area contributed by atoms with Gasteiger partial charge in [0.1, 0.15) is 11.6 Å². The summed E-state index contributed by atoms with van der Waals surface area (Å²) in [5, 5.41) is 3.20. The fraction of sp³-hybridized carbons (Fsp3) is 0.385. The zero-order valence-electron chi connectivity index (χ0n) is 10.4. The molecule has 0 fully saturated rings. The quantitative estimate of drug-likeness (QED) is 0.830. The van der Waals surface area contributed by atoms with Crippen LogP contribution in [0.3, 0.4) is 0 Å². The van der Waals surface area contributed by atoms with E-state index in [9.17, 15) is 0 Å². The first-order valence-corrected chi connectivity index (χ1v) is 7.19. The molecule has 0 radical (unpaired) electrons. The molecule has 0 bridgehead atoms. The van der Waals surface area contributed by atoms with Crippen LogP contribution in [-0.4, -0.2) is 16.5 Å². The van der Waals surface area contributed by atoms with Crippen molar-refractivity contribution >= 4 is 17.6 Å². The minimum absolute atomic E-state index is 0.844. The first kappa shape index (κ1) is 13.0. The molecule has 0 aliphatic heterocycles. The molecule has 0 amide bonds. The molecule has 0 aliphatic carbocycles. The van der Waals surface area contributed by atoms with E-state index in [1.165, 1.54) is 0 Å². The van der Waals surface area contributed by atoms with Gasteiger partial charge in [0, 0.05) is 12.3 Å². The topological polar surface area (TPSA) is 51.0 Å². The number of hydrogen-bond acceptors (Lipinski definition) is 5. The van der Waals surface area contributed by atoms with Crippen molar-refractivity contribution in [2.45, 2.75) is 24.9 Å². The molecule has 1 N–H and O–H groups in total. The molecule has 0 aliphatic rings. The molecule has 0 spiro atoms. The van der Waals surface area contributed by atoms with Gasteiger partial charge in [-0.3, -0.25) is 4.98 Å². The standard InChI is InChI=1S/C13H17N3OS/c1-2-5-14-13-8-15-11(7-16-13)9-18-10-12-4-3-6-17-12/h3-4,6-8H,2,5,9-10H2,1H3,(H,14,16). The summed E-state index contributed by atoms with van der Waals surface area (Å²) in [4.78, 5) is 8.70. The summed E-state index contributed by atoms with van der Waals surface area (Å²) in [6.45, 7) is 3.06. The lowest BCUT2D eigenvalue weighted by Gasteiger charge is -2.04. The van der Waals surface area contributed by atoms with Crippen molar-refractivity contribution in [1.29, 1.82) is 0 Å². The maximum Gasteiger partial charge on any atom is 0.144 e. The van der Waals surface area contributed by atoms with Crippen LogP contribution in [-0.2, 0) is 11.5 Å². The van der Waals surface area contributed by atoms with Crippen molar-refractivity contribution in [1.82, 2.24) is 9.97 Å². The predicted molar refractivity (Wildman–Crippen MR) is 74.5 cm³/mol. The zero-order chi connectivity index (χ0) is 12.6. The van der Waals surface area contributed by atoms with Gasteiger partial charge in [-0.1, -0.05) is 6.92 Å².